The largest absolute Gasteiger partial charge is 0.378 e. The van der Waals surface area contributed by atoms with E-state index in [-0.39, 0.29) is 11.9 Å². The maximum absolute atomic E-state index is 13.2. The molecule has 1 N–H and O–H groups in total. The van der Waals surface area contributed by atoms with Crippen LogP contribution in [0, 0.1) is 0 Å². The second kappa shape index (κ2) is 7.96. The highest BCUT2D eigenvalue weighted by molar-refractivity contribution is 5.96. The van der Waals surface area contributed by atoms with Crippen LogP contribution >= 0.6 is 0 Å². The van der Waals surface area contributed by atoms with Crippen molar-refractivity contribution in [3.63, 3.8) is 0 Å². The second-order valence-corrected chi connectivity index (χ2v) is 8.97. The van der Waals surface area contributed by atoms with Gasteiger partial charge in [-0.05, 0) is 45.7 Å². The Bertz CT molecular complexity index is 885. The van der Waals surface area contributed by atoms with E-state index in [1.54, 1.807) is 0 Å². The zero-order valence-corrected chi connectivity index (χ0v) is 18.4. The van der Waals surface area contributed by atoms with Gasteiger partial charge in [-0.25, -0.2) is 4.98 Å². The number of amides is 1. The molecule has 2 unspecified atom stereocenters. The molecule has 1 amide bonds. The van der Waals surface area contributed by atoms with Crippen LogP contribution in [0.3, 0.4) is 0 Å². The Morgan fingerprint density at radius 1 is 1.30 bits per heavy atom. The zero-order valence-electron chi connectivity index (χ0n) is 18.4. The van der Waals surface area contributed by atoms with Gasteiger partial charge in [0.1, 0.15) is 24.6 Å². The molecular formula is C23H32N5O2+. The van der Waals surface area contributed by atoms with Gasteiger partial charge in [0.25, 0.3) is 5.91 Å². The Labute approximate surface area is 178 Å². The summed E-state index contributed by atoms with van der Waals surface area (Å²) in [6.45, 7) is 12.2. The van der Waals surface area contributed by atoms with Gasteiger partial charge in [0.15, 0.2) is 0 Å². The first-order valence-corrected chi connectivity index (χ1v) is 10.7. The minimum Gasteiger partial charge on any atom is -0.378 e. The maximum Gasteiger partial charge on any atom is 0.253 e. The lowest BCUT2D eigenvalue weighted by Crippen LogP contribution is -2.52. The number of nitrogens with zero attached hydrogens (tertiary/aromatic N) is 4. The Hall–Kier alpha value is -2.51. The average molecular weight is 411 g/mol. The van der Waals surface area contributed by atoms with Crippen LogP contribution < -0.4 is 10.2 Å². The number of hydrogen-bond acceptors (Lipinski definition) is 5. The zero-order chi connectivity index (χ0) is 21.4. The van der Waals surface area contributed by atoms with Gasteiger partial charge in [-0.2, -0.15) is 4.59 Å². The fourth-order valence-corrected chi connectivity index (χ4v) is 4.50. The van der Waals surface area contributed by atoms with E-state index in [2.05, 4.69) is 66.3 Å². The Kier molecular flexibility index (Phi) is 5.51. The number of nitrogens with one attached hydrogen (secondary N) is 1. The Morgan fingerprint density at radius 3 is 2.63 bits per heavy atom. The fraction of sp³-hybridized carbons (Fsp3) is 0.522. The van der Waals surface area contributed by atoms with Crippen LogP contribution in [0.15, 0.2) is 46.9 Å². The number of aromatic nitrogens is 1. The standard InChI is InChI=1S/C23H31N5O2/c1-17(2)28(11-5-8-25-28)16-20-18(3)14-23(4,26-22(20)29)19-6-7-21(24-15-19)27-9-12-30-13-10-27/h5-8,11,15,17H,9-10,12-14,16H2,1-4H3/p+1. The number of anilines is 1. The average Bonchev–Trinajstić information content (AvgIpc) is 3.22. The molecule has 3 aliphatic rings. The molecule has 1 aromatic heterocycles. The van der Waals surface area contributed by atoms with Crippen molar-refractivity contribution in [1.29, 1.82) is 0 Å². The minimum absolute atomic E-state index is 0.00726. The minimum atomic E-state index is -0.464. The second-order valence-electron chi connectivity index (χ2n) is 8.97. The third-order valence-corrected chi connectivity index (χ3v) is 6.54. The summed E-state index contributed by atoms with van der Waals surface area (Å²) in [5.41, 5.74) is 2.52. The van der Waals surface area contributed by atoms with Crippen LogP contribution in [0.2, 0.25) is 0 Å². The Morgan fingerprint density at radius 2 is 2.07 bits per heavy atom. The lowest BCUT2D eigenvalue weighted by atomic mass is 9.81. The van der Waals surface area contributed by atoms with Crippen LogP contribution in [-0.4, -0.2) is 60.6 Å². The van der Waals surface area contributed by atoms with Gasteiger partial charge in [0.2, 0.25) is 0 Å². The lowest BCUT2D eigenvalue weighted by molar-refractivity contribution is -0.899. The van der Waals surface area contributed by atoms with E-state index >= 15 is 0 Å². The van der Waals surface area contributed by atoms with Crippen molar-refractivity contribution in [1.82, 2.24) is 10.3 Å². The van der Waals surface area contributed by atoms with Gasteiger partial charge in [-0.1, -0.05) is 16.7 Å². The van der Waals surface area contributed by atoms with Crippen LogP contribution in [0.25, 0.3) is 0 Å². The van der Waals surface area contributed by atoms with Gasteiger partial charge in [0, 0.05) is 25.4 Å². The Balaban J connectivity index is 1.54. The van der Waals surface area contributed by atoms with Gasteiger partial charge < -0.3 is 15.0 Å². The van der Waals surface area contributed by atoms with Crippen molar-refractivity contribution in [2.45, 2.75) is 45.7 Å². The topological polar surface area (TPSA) is 66.8 Å². The molecule has 0 saturated carbocycles. The van der Waals surface area contributed by atoms with E-state index in [1.165, 1.54) is 0 Å². The van der Waals surface area contributed by atoms with E-state index in [1.807, 2.05) is 18.5 Å². The third kappa shape index (κ3) is 3.79. The normalized spacial score (nSPS) is 29.1. The predicted octanol–water partition coefficient (Wildman–Crippen LogP) is 2.71. The summed E-state index contributed by atoms with van der Waals surface area (Å²) in [4.78, 5) is 20.1. The molecule has 0 aliphatic carbocycles. The highest BCUT2D eigenvalue weighted by Gasteiger charge is 2.41. The third-order valence-electron chi connectivity index (χ3n) is 6.54. The number of allylic oxidation sites excluding steroid dienone is 1. The number of quaternary nitrogens is 1. The summed E-state index contributed by atoms with van der Waals surface area (Å²) in [5.74, 6) is 0.954. The van der Waals surface area contributed by atoms with Gasteiger partial charge in [0.05, 0.1) is 30.5 Å². The van der Waals surface area contributed by atoms with Gasteiger partial charge in [-0.15, -0.1) is 0 Å². The number of rotatable bonds is 5. The quantitative estimate of drug-likeness (QED) is 0.758. The molecule has 1 aromatic rings. The first-order valence-electron chi connectivity index (χ1n) is 10.7. The van der Waals surface area contributed by atoms with Crippen LogP contribution in [-0.2, 0) is 15.1 Å². The number of pyridine rings is 1. The molecule has 4 heterocycles. The highest BCUT2D eigenvalue weighted by atomic mass is 16.5. The maximum atomic E-state index is 13.2. The van der Waals surface area contributed by atoms with Crippen molar-refractivity contribution in [3.8, 4) is 0 Å². The van der Waals surface area contributed by atoms with Crippen LogP contribution in [0.4, 0.5) is 5.82 Å². The van der Waals surface area contributed by atoms with E-state index in [0.29, 0.717) is 11.1 Å². The van der Waals surface area contributed by atoms with Crippen molar-refractivity contribution < 1.29 is 14.1 Å². The van der Waals surface area contributed by atoms with Crippen molar-refractivity contribution in [2.24, 2.45) is 5.10 Å². The fourth-order valence-electron chi connectivity index (χ4n) is 4.50. The van der Waals surface area contributed by atoms with E-state index in [0.717, 1.165) is 55.3 Å². The predicted molar refractivity (Wildman–Crippen MR) is 118 cm³/mol. The summed E-state index contributed by atoms with van der Waals surface area (Å²) >= 11 is 0. The van der Waals surface area contributed by atoms with E-state index in [4.69, 9.17) is 4.74 Å². The molecule has 7 nitrogen and oxygen atoms in total. The van der Waals surface area contributed by atoms with Crippen molar-refractivity contribution in [3.05, 3.63) is 47.3 Å². The molecule has 3 aliphatic heterocycles. The first-order chi connectivity index (χ1) is 14.3. The molecule has 0 bridgehead atoms. The van der Waals surface area contributed by atoms with Crippen molar-refractivity contribution in [2.75, 3.05) is 37.7 Å². The first kappa shape index (κ1) is 20.8. The number of carbonyl (C=O) groups is 1. The highest BCUT2D eigenvalue weighted by Crippen LogP contribution is 2.35. The molecule has 2 atom stereocenters. The molecule has 0 radical (unpaired) electrons. The molecule has 7 heteroatoms. The number of hydrogen-bond donors (Lipinski definition) is 1. The molecule has 30 heavy (non-hydrogen) atoms. The van der Waals surface area contributed by atoms with E-state index < -0.39 is 5.54 Å². The molecule has 4 rings (SSSR count). The number of carbonyl (C=O) groups excluding carboxylic acids is 1. The monoisotopic (exact) mass is 410 g/mol. The summed E-state index contributed by atoms with van der Waals surface area (Å²) in [7, 11) is 0. The molecule has 1 saturated heterocycles. The van der Waals surface area contributed by atoms with Crippen LogP contribution in [0.5, 0.6) is 0 Å². The molecule has 160 valence electrons. The van der Waals surface area contributed by atoms with Crippen LogP contribution in [0.1, 0.15) is 39.7 Å². The molecule has 1 fully saturated rings. The number of morpholine rings is 1. The van der Waals surface area contributed by atoms with Crippen molar-refractivity contribution >= 4 is 17.9 Å². The smallest absolute Gasteiger partial charge is 0.253 e. The molecular weight excluding hydrogens is 378 g/mol. The summed E-state index contributed by atoms with van der Waals surface area (Å²) in [6.07, 6.45) is 8.52. The summed E-state index contributed by atoms with van der Waals surface area (Å²) in [5, 5.41) is 7.90. The summed E-state index contributed by atoms with van der Waals surface area (Å²) < 4.78 is 5.86. The van der Waals surface area contributed by atoms with Gasteiger partial charge >= 0.3 is 0 Å². The van der Waals surface area contributed by atoms with E-state index in [9.17, 15) is 4.79 Å². The van der Waals surface area contributed by atoms with Gasteiger partial charge in [-0.3, -0.25) is 4.79 Å². The molecule has 0 aromatic carbocycles. The molecule has 0 spiro atoms. The SMILES string of the molecule is CC1=C(C[N+]2(C(C)C)C=CC=N2)C(=O)NC(C)(c2ccc(N3CCOCC3)nc2)C1. The number of ether oxygens (including phenoxy) is 1. The lowest BCUT2D eigenvalue weighted by Gasteiger charge is -2.39. The summed E-state index contributed by atoms with van der Waals surface area (Å²) in [6, 6.07) is 4.40.